The molecule has 0 spiro atoms. The van der Waals surface area contributed by atoms with Crippen molar-refractivity contribution in [2.75, 3.05) is 13.9 Å². The maximum Gasteiger partial charge on any atom is 0.374 e. The summed E-state index contributed by atoms with van der Waals surface area (Å²) < 4.78 is 20.4. The van der Waals surface area contributed by atoms with Gasteiger partial charge in [-0.05, 0) is 23.8 Å². The fourth-order valence-corrected chi connectivity index (χ4v) is 2.14. The molecular weight excluding hydrogens is 274 g/mol. The molecule has 1 N–H and O–H groups in total. The number of nitrogens with one attached hydrogen (secondary N) is 1. The van der Waals surface area contributed by atoms with Crippen LogP contribution >= 0.6 is 0 Å². The van der Waals surface area contributed by atoms with Gasteiger partial charge in [-0.3, -0.25) is 0 Å². The van der Waals surface area contributed by atoms with Gasteiger partial charge in [0.1, 0.15) is 0 Å². The smallest absolute Gasteiger partial charge is 0.374 e. The molecule has 1 aromatic heterocycles. The average Bonchev–Trinajstić information content (AvgIpc) is 3.14. The predicted molar refractivity (Wildman–Crippen MR) is 73.2 cm³/mol. The molecule has 6 heteroatoms. The minimum absolute atomic E-state index is 0.232. The minimum Gasteiger partial charge on any atom is -0.463 e. The number of ether oxygens (including phenoxy) is 3. The molecule has 0 amide bonds. The molecule has 0 saturated carbocycles. The highest BCUT2D eigenvalue weighted by Crippen LogP contribution is 2.32. The van der Waals surface area contributed by atoms with Gasteiger partial charge >= 0.3 is 5.97 Å². The van der Waals surface area contributed by atoms with Crippen LogP contribution in [0.2, 0.25) is 0 Å². The Kier molecular flexibility index (Phi) is 3.79. The summed E-state index contributed by atoms with van der Waals surface area (Å²) in [6.45, 7) is 1.42. The van der Waals surface area contributed by atoms with E-state index in [0.29, 0.717) is 13.1 Å². The molecule has 1 aromatic carbocycles. The third-order valence-electron chi connectivity index (χ3n) is 3.20. The first-order valence-electron chi connectivity index (χ1n) is 6.52. The number of benzene rings is 1. The van der Waals surface area contributed by atoms with Gasteiger partial charge in [-0.1, -0.05) is 6.07 Å². The standard InChI is InChI=1S/C15H15NO5/c1-18-15(17)14-11(4-5-19-14)8-16-7-10-2-3-12-13(6-10)21-9-20-12/h2-6,16H,7-9H2,1H3. The van der Waals surface area contributed by atoms with Crippen molar-refractivity contribution in [1.82, 2.24) is 5.32 Å². The molecule has 0 aliphatic carbocycles. The molecule has 0 bridgehead atoms. The average molecular weight is 289 g/mol. The largest absolute Gasteiger partial charge is 0.463 e. The second kappa shape index (κ2) is 5.88. The first-order valence-corrected chi connectivity index (χ1v) is 6.52. The van der Waals surface area contributed by atoms with Gasteiger partial charge in [0.15, 0.2) is 11.5 Å². The molecule has 0 atom stereocenters. The Morgan fingerprint density at radius 3 is 2.95 bits per heavy atom. The van der Waals surface area contributed by atoms with Crippen LogP contribution in [0, 0.1) is 0 Å². The normalized spacial score (nSPS) is 12.4. The maximum absolute atomic E-state index is 11.5. The Balaban J connectivity index is 1.59. The number of furan rings is 1. The zero-order valence-electron chi connectivity index (χ0n) is 11.5. The predicted octanol–water partition coefficient (Wildman–Crippen LogP) is 2.08. The molecule has 0 saturated heterocycles. The Morgan fingerprint density at radius 2 is 2.10 bits per heavy atom. The Labute approximate surface area is 121 Å². The first kappa shape index (κ1) is 13.5. The highest BCUT2D eigenvalue weighted by molar-refractivity contribution is 5.87. The van der Waals surface area contributed by atoms with Crippen LogP contribution in [-0.4, -0.2) is 19.9 Å². The van der Waals surface area contributed by atoms with Crippen LogP contribution in [0.4, 0.5) is 0 Å². The zero-order chi connectivity index (χ0) is 14.7. The van der Waals surface area contributed by atoms with E-state index < -0.39 is 5.97 Å². The van der Waals surface area contributed by atoms with E-state index >= 15 is 0 Å². The number of hydrogen-bond donors (Lipinski definition) is 1. The summed E-state index contributed by atoms with van der Waals surface area (Å²) in [7, 11) is 1.33. The van der Waals surface area contributed by atoms with Crippen LogP contribution in [-0.2, 0) is 17.8 Å². The number of carbonyl (C=O) groups is 1. The number of carbonyl (C=O) groups excluding carboxylic acids is 1. The number of esters is 1. The van der Waals surface area contributed by atoms with Gasteiger partial charge in [-0.25, -0.2) is 4.79 Å². The molecule has 2 heterocycles. The third-order valence-corrected chi connectivity index (χ3v) is 3.20. The van der Waals surface area contributed by atoms with Crippen LogP contribution in [0.5, 0.6) is 11.5 Å². The summed E-state index contributed by atoms with van der Waals surface area (Å²) >= 11 is 0. The lowest BCUT2D eigenvalue weighted by molar-refractivity contribution is 0.0563. The molecule has 0 radical (unpaired) electrons. The van der Waals surface area contributed by atoms with Gasteiger partial charge in [0.25, 0.3) is 0 Å². The third kappa shape index (κ3) is 2.85. The van der Waals surface area contributed by atoms with E-state index in [1.54, 1.807) is 6.07 Å². The van der Waals surface area contributed by atoms with Gasteiger partial charge in [0.05, 0.1) is 13.4 Å². The van der Waals surface area contributed by atoms with Crippen molar-refractivity contribution < 1.29 is 23.4 Å². The number of hydrogen-bond acceptors (Lipinski definition) is 6. The van der Waals surface area contributed by atoms with Crippen molar-refractivity contribution in [2.45, 2.75) is 13.1 Å². The summed E-state index contributed by atoms with van der Waals surface area (Å²) in [6, 6.07) is 7.54. The molecule has 1 aliphatic heterocycles. The molecule has 3 rings (SSSR count). The summed E-state index contributed by atoms with van der Waals surface area (Å²) in [6.07, 6.45) is 1.48. The monoisotopic (exact) mass is 289 g/mol. The van der Waals surface area contributed by atoms with Gasteiger partial charge in [-0.2, -0.15) is 0 Å². The van der Waals surface area contributed by atoms with Crippen molar-refractivity contribution in [2.24, 2.45) is 0 Å². The van der Waals surface area contributed by atoms with Gasteiger partial charge in [0.2, 0.25) is 12.6 Å². The molecule has 110 valence electrons. The van der Waals surface area contributed by atoms with E-state index in [1.165, 1.54) is 13.4 Å². The fraction of sp³-hybridized carbons (Fsp3) is 0.267. The summed E-state index contributed by atoms with van der Waals surface area (Å²) in [5.74, 6) is 1.28. The number of fused-ring (bicyclic) bond motifs is 1. The van der Waals surface area contributed by atoms with Crippen molar-refractivity contribution >= 4 is 5.97 Å². The van der Waals surface area contributed by atoms with Crippen molar-refractivity contribution in [3.63, 3.8) is 0 Å². The summed E-state index contributed by atoms with van der Waals surface area (Å²) in [5, 5.41) is 3.25. The Morgan fingerprint density at radius 1 is 1.24 bits per heavy atom. The van der Waals surface area contributed by atoms with Crippen LogP contribution in [0.25, 0.3) is 0 Å². The lowest BCUT2D eigenvalue weighted by atomic mass is 10.2. The van der Waals surface area contributed by atoms with E-state index in [9.17, 15) is 4.79 Å². The van der Waals surface area contributed by atoms with Gasteiger partial charge < -0.3 is 23.9 Å². The van der Waals surface area contributed by atoms with E-state index in [4.69, 9.17) is 13.9 Å². The van der Waals surface area contributed by atoms with E-state index in [-0.39, 0.29) is 12.6 Å². The second-order valence-corrected chi connectivity index (χ2v) is 4.56. The Hall–Kier alpha value is -2.47. The maximum atomic E-state index is 11.5. The van der Waals surface area contributed by atoms with Crippen LogP contribution in [0.1, 0.15) is 21.7 Å². The number of methoxy groups -OCH3 is 1. The molecule has 0 unspecified atom stereocenters. The van der Waals surface area contributed by atoms with Crippen molar-refractivity contribution in [3.8, 4) is 11.5 Å². The SMILES string of the molecule is COC(=O)c1occc1CNCc1ccc2c(c1)OCO2. The molecule has 2 aromatic rings. The zero-order valence-corrected chi connectivity index (χ0v) is 11.5. The van der Waals surface area contributed by atoms with Crippen molar-refractivity contribution in [3.05, 3.63) is 47.4 Å². The quantitative estimate of drug-likeness (QED) is 0.850. The van der Waals surface area contributed by atoms with Crippen LogP contribution in [0.3, 0.4) is 0 Å². The lowest BCUT2D eigenvalue weighted by Crippen LogP contribution is -2.14. The van der Waals surface area contributed by atoms with Crippen LogP contribution < -0.4 is 14.8 Å². The summed E-state index contributed by atoms with van der Waals surface area (Å²) in [5.41, 5.74) is 1.84. The molecular formula is C15H15NO5. The molecule has 21 heavy (non-hydrogen) atoms. The molecule has 0 fully saturated rings. The summed E-state index contributed by atoms with van der Waals surface area (Å²) in [4.78, 5) is 11.5. The van der Waals surface area contributed by atoms with Crippen molar-refractivity contribution in [1.29, 1.82) is 0 Å². The van der Waals surface area contributed by atoms with E-state index in [2.05, 4.69) is 10.1 Å². The first-order chi connectivity index (χ1) is 10.3. The topological polar surface area (TPSA) is 69.9 Å². The highest BCUT2D eigenvalue weighted by Gasteiger charge is 2.16. The fourth-order valence-electron chi connectivity index (χ4n) is 2.14. The van der Waals surface area contributed by atoms with E-state index in [0.717, 1.165) is 22.6 Å². The molecule has 1 aliphatic rings. The Bertz CT molecular complexity index is 649. The van der Waals surface area contributed by atoms with E-state index in [1.807, 2.05) is 18.2 Å². The number of rotatable bonds is 5. The van der Waals surface area contributed by atoms with Gasteiger partial charge in [0, 0.05) is 18.7 Å². The lowest BCUT2D eigenvalue weighted by Gasteiger charge is -2.06. The molecule has 6 nitrogen and oxygen atoms in total. The second-order valence-electron chi connectivity index (χ2n) is 4.56. The highest BCUT2D eigenvalue weighted by atomic mass is 16.7. The van der Waals surface area contributed by atoms with Crippen LogP contribution in [0.15, 0.2) is 34.9 Å². The van der Waals surface area contributed by atoms with Gasteiger partial charge in [-0.15, -0.1) is 0 Å². The minimum atomic E-state index is -0.472.